The summed E-state index contributed by atoms with van der Waals surface area (Å²) in [6.45, 7) is 0.534. The van der Waals surface area contributed by atoms with Gasteiger partial charge in [0.15, 0.2) is 5.78 Å². The number of benzene rings is 3. The zero-order chi connectivity index (χ0) is 28.7. The van der Waals surface area contributed by atoms with Crippen LogP contribution in [0, 0.1) is 5.82 Å². The van der Waals surface area contributed by atoms with Gasteiger partial charge in [-0.15, -0.1) is 0 Å². The van der Waals surface area contributed by atoms with Gasteiger partial charge in [0, 0.05) is 24.9 Å². The summed E-state index contributed by atoms with van der Waals surface area (Å²) in [5.41, 5.74) is 2.60. The number of ether oxygens (including phenoxy) is 1. The molecule has 0 saturated carbocycles. The third-order valence-electron chi connectivity index (χ3n) is 7.43. The molecule has 0 bridgehead atoms. The van der Waals surface area contributed by atoms with Crippen LogP contribution in [-0.2, 0) is 19.5 Å². The van der Waals surface area contributed by atoms with Crippen molar-refractivity contribution in [3.63, 3.8) is 0 Å². The molecule has 0 saturated heterocycles. The highest BCUT2D eigenvalue weighted by atomic mass is 35.5. The average molecular weight is 573 g/mol. The van der Waals surface area contributed by atoms with E-state index < -0.39 is 5.82 Å². The van der Waals surface area contributed by atoms with Crippen LogP contribution in [0.25, 0.3) is 16.6 Å². The number of nitrogens with zero attached hydrogens (tertiary/aromatic N) is 3. The molecule has 0 aliphatic carbocycles. The number of fused-ring (bicyclic) bond motifs is 2. The number of methoxy groups -OCH3 is 1. The zero-order valence-electron chi connectivity index (χ0n) is 22.2. The number of nitrogens with one attached hydrogen (secondary N) is 1. The lowest BCUT2D eigenvalue weighted by Gasteiger charge is -2.28. The predicted octanol–water partition coefficient (Wildman–Crippen LogP) is 5.39. The van der Waals surface area contributed by atoms with Gasteiger partial charge in [0.2, 0.25) is 0 Å². The van der Waals surface area contributed by atoms with Gasteiger partial charge in [0.05, 0.1) is 35.6 Å². The van der Waals surface area contributed by atoms with Gasteiger partial charge in [-0.05, 0) is 54.4 Å². The number of H-pyrrole nitrogens is 1. The maximum absolute atomic E-state index is 13.9. The van der Waals surface area contributed by atoms with Crippen LogP contribution in [0.3, 0.4) is 0 Å². The van der Waals surface area contributed by atoms with Gasteiger partial charge in [0.1, 0.15) is 23.0 Å². The molecule has 1 aliphatic heterocycles. The lowest BCUT2D eigenvalue weighted by atomic mass is 10.0. The Morgan fingerprint density at radius 3 is 2.51 bits per heavy atom. The van der Waals surface area contributed by atoms with Gasteiger partial charge in [-0.3, -0.25) is 18.7 Å². The smallest absolute Gasteiger partial charge is 0.333 e. The lowest BCUT2D eigenvalue weighted by molar-refractivity contribution is 0.0702. The number of aromatic nitrogens is 3. The molecule has 0 unspecified atom stereocenters. The highest BCUT2D eigenvalue weighted by Gasteiger charge is 2.32. The fourth-order valence-corrected chi connectivity index (χ4v) is 5.62. The van der Waals surface area contributed by atoms with E-state index in [9.17, 15) is 18.8 Å². The summed E-state index contributed by atoms with van der Waals surface area (Å²) in [7, 11) is 1.56. The van der Waals surface area contributed by atoms with Gasteiger partial charge in [0.25, 0.3) is 5.91 Å². The van der Waals surface area contributed by atoms with E-state index in [4.69, 9.17) is 16.3 Å². The Morgan fingerprint density at radius 2 is 1.78 bits per heavy atom. The van der Waals surface area contributed by atoms with Crippen molar-refractivity contribution >= 4 is 34.2 Å². The Kier molecular flexibility index (Phi) is 6.96. The molecule has 2 aromatic heterocycles. The zero-order valence-corrected chi connectivity index (χ0v) is 23.0. The second kappa shape index (κ2) is 10.7. The maximum atomic E-state index is 13.9. The molecular formula is C31H26ClFN4O4. The van der Waals surface area contributed by atoms with E-state index in [1.807, 2.05) is 30.3 Å². The highest BCUT2D eigenvalue weighted by Crippen LogP contribution is 2.28. The predicted molar refractivity (Wildman–Crippen MR) is 154 cm³/mol. The largest absolute Gasteiger partial charge is 0.497 e. The number of halogens is 2. The number of carbonyl (C=O) groups is 2. The number of carbonyl (C=O) groups excluding carboxylic acids is 2. The van der Waals surface area contributed by atoms with E-state index in [2.05, 4.69) is 4.98 Å². The number of Topliss-reactive ketones (excluding diaryl/α,β-unsaturated/α-hetero) is 1. The molecule has 0 atom stereocenters. The minimum atomic E-state index is -0.510. The fraction of sp³-hybridized carbons (Fsp3) is 0.194. The first-order valence-corrected chi connectivity index (χ1v) is 13.5. The third-order valence-corrected chi connectivity index (χ3v) is 7.74. The summed E-state index contributed by atoms with van der Waals surface area (Å²) in [5.74, 6) is -0.421. The molecule has 41 heavy (non-hydrogen) atoms. The first-order valence-electron chi connectivity index (χ1n) is 13.2. The summed E-state index contributed by atoms with van der Waals surface area (Å²) in [4.78, 5) is 45.6. The molecule has 6 rings (SSSR count). The normalized spacial score (nSPS) is 12.9. The minimum Gasteiger partial charge on any atom is -0.497 e. The van der Waals surface area contributed by atoms with Crippen molar-refractivity contribution in [2.75, 3.05) is 13.7 Å². The standard InChI is InChI=1S/C31H26ClFN4O4/c1-41-22-10-8-21(9-11-22)37-29(28(38)12-7-19-5-3-2-4-6-19)27-18-35(13-14-36(27)31(37)40)30(39)26-17-23-24(32)15-20(33)16-25(23)34-26/h2-6,8-11,15-17,34H,7,12-14,18H2,1H3. The average Bonchev–Trinajstić information content (AvgIpc) is 3.55. The van der Waals surface area contributed by atoms with Crippen LogP contribution in [0.5, 0.6) is 5.75 Å². The van der Waals surface area contributed by atoms with Crippen LogP contribution in [0.4, 0.5) is 4.39 Å². The van der Waals surface area contributed by atoms with Crippen molar-refractivity contribution in [3.05, 3.63) is 117 Å². The second-order valence-corrected chi connectivity index (χ2v) is 10.3. The molecule has 5 aromatic rings. The molecule has 0 radical (unpaired) electrons. The summed E-state index contributed by atoms with van der Waals surface area (Å²) in [6.07, 6.45) is 0.701. The molecule has 208 valence electrons. The molecular weight excluding hydrogens is 547 g/mol. The van der Waals surface area contributed by atoms with E-state index in [0.717, 1.165) is 5.56 Å². The summed E-state index contributed by atoms with van der Waals surface area (Å²) >= 11 is 6.19. The van der Waals surface area contributed by atoms with Crippen molar-refractivity contribution in [1.82, 2.24) is 19.0 Å². The molecule has 1 aliphatic rings. The number of hydrogen-bond donors (Lipinski definition) is 1. The SMILES string of the molecule is COc1ccc(-n2c(C(=O)CCc3ccccc3)c3n(c2=O)CCN(C(=O)c2cc4c(Cl)cc(F)cc4[nH]2)C3)cc1. The topological polar surface area (TPSA) is 89.3 Å². The third kappa shape index (κ3) is 4.93. The summed E-state index contributed by atoms with van der Waals surface area (Å²) in [5, 5.41) is 0.735. The van der Waals surface area contributed by atoms with Crippen LogP contribution < -0.4 is 10.4 Å². The number of aromatic amines is 1. The highest BCUT2D eigenvalue weighted by molar-refractivity contribution is 6.35. The molecule has 0 fully saturated rings. The summed E-state index contributed by atoms with van der Waals surface area (Å²) < 4.78 is 22.1. The van der Waals surface area contributed by atoms with Gasteiger partial charge in [-0.25, -0.2) is 9.18 Å². The molecule has 3 heterocycles. The number of rotatable bonds is 7. The number of hydrogen-bond acceptors (Lipinski definition) is 4. The Balaban J connectivity index is 1.38. The Labute approximate surface area is 239 Å². The van der Waals surface area contributed by atoms with Crippen molar-refractivity contribution in [2.24, 2.45) is 0 Å². The molecule has 10 heteroatoms. The van der Waals surface area contributed by atoms with Crippen LogP contribution in [0.2, 0.25) is 5.02 Å². The van der Waals surface area contributed by atoms with Gasteiger partial charge in [-0.1, -0.05) is 41.9 Å². The fourth-order valence-electron chi connectivity index (χ4n) is 5.36. The molecule has 1 N–H and O–H groups in total. The Morgan fingerprint density at radius 1 is 1.02 bits per heavy atom. The number of aryl methyl sites for hydroxylation is 1. The van der Waals surface area contributed by atoms with E-state index in [-0.39, 0.29) is 59.8 Å². The van der Waals surface area contributed by atoms with Crippen molar-refractivity contribution < 1.29 is 18.7 Å². The number of ketones is 1. The van der Waals surface area contributed by atoms with E-state index in [0.29, 0.717) is 34.5 Å². The summed E-state index contributed by atoms with van der Waals surface area (Å²) in [6, 6.07) is 20.7. The van der Waals surface area contributed by atoms with Gasteiger partial charge >= 0.3 is 5.69 Å². The van der Waals surface area contributed by atoms with E-state index in [1.54, 1.807) is 46.9 Å². The van der Waals surface area contributed by atoms with Gasteiger partial charge in [-0.2, -0.15) is 0 Å². The van der Waals surface area contributed by atoms with Crippen LogP contribution >= 0.6 is 11.6 Å². The number of amides is 1. The van der Waals surface area contributed by atoms with Crippen molar-refractivity contribution in [1.29, 1.82) is 0 Å². The Hall–Kier alpha value is -4.63. The van der Waals surface area contributed by atoms with Crippen LogP contribution in [0.1, 0.15) is 38.7 Å². The van der Waals surface area contributed by atoms with Crippen molar-refractivity contribution in [3.8, 4) is 11.4 Å². The van der Waals surface area contributed by atoms with E-state index in [1.165, 1.54) is 16.7 Å². The van der Waals surface area contributed by atoms with E-state index >= 15 is 0 Å². The molecule has 8 nitrogen and oxygen atoms in total. The van der Waals surface area contributed by atoms with Crippen LogP contribution in [0.15, 0.2) is 77.6 Å². The molecule has 0 spiro atoms. The molecule has 1 amide bonds. The molecule has 3 aromatic carbocycles. The first-order chi connectivity index (χ1) is 19.8. The monoisotopic (exact) mass is 572 g/mol. The first kappa shape index (κ1) is 26.6. The second-order valence-electron chi connectivity index (χ2n) is 9.93. The van der Waals surface area contributed by atoms with Crippen LogP contribution in [-0.4, -0.2) is 44.4 Å². The Bertz CT molecular complexity index is 1840. The lowest BCUT2D eigenvalue weighted by Crippen LogP contribution is -2.41. The van der Waals surface area contributed by atoms with Crippen molar-refractivity contribution in [2.45, 2.75) is 25.9 Å². The maximum Gasteiger partial charge on any atom is 0.333 e. The minimum absolute atomic E-state index is 0.0566. The van der Waals surface area contributed by atoms with Gasteiger partial charge < -0.3 is 14.6 Å². The number of imidazole rings is 1. The quantitative estimate of drug-likeness (QED) is 0.265.